The largest absolute Gasteiger partial charge is 0.465 e. The van der Waals surface area contributed by atoms with Crippen LogP contribution in [0.15, 0.2) is 48.5 Å². The lowest BCUT2D eigenvalue weighted by Gasteiger charge is -2.27. The summed E-state index contributed by atoms with van der Waals surface area (Å²) in [5.74, 6) is -0.346. The minimum absolute atomic E-state index is 0.240. The van der Waals surface area contributed by atoms with E-state index in [0.29, 0.717) is 10.7 Å². The smallest absolute Gasteiger partial charge is 0.337 e. The molecule has 124 valence electrons. The van der Waals surface area contributed by atoms with Gasteiger partial charge in [-0.2, -0.15) is 0 Å². The third kappa shape index (κ3) is 3.74. The highest BCUT2D eigenvalue weighted by Gasteiger charge is 2.20. The van der Waals surface area contributed by atoms with E-state index in [1.165, 1.54) is 18.2 Å². The molecular formula is C19H20N2O2S. The third-order valence-corrected chi connectivity index (χ3v) is 4.46. The summed E-state index contributed by atoms with van der Waals surface area (Å²) >= 11 is 5.44. The van der Waals surface area contributed by atoms with E-state index in [1.54, 1.807) is 12.1 Å². The predicted octanol–water partition coefficient (Wildman–Crippen LogP) is 3.84. The van der Waals surface area contributed by atoms with Crippen LogP contribution in [0.2, 0.25) is 0 Å². The standard InChI is InChI=1S/C19H20N2O2S/c1-23-18(22)14-9-11-15(12-10-14)20-19(24)21-17-8-4-6-13-5-2-3-7-16(13)17/h2-3,5,7,9-12,17H,4,6,8H2,1H3,(H2,20,21,24)/t17-/m1/s1. The van der Waals surface area contributed by atoms with Gasteiger partial charge in [0.05, 0.1) is 18.7 Å². The van der Waals surface area contributed by atoms with Gasteiger partial charge in [0, 0.05) is 5.69 Å². The number of nitrogens with one attached hydrogen (secondary N) is 2. The van der Waals surface area contributed by atoms with Crippen LogP contribution in [0.25, 0.3) is 0 Å². The number of benzene rings is 2. The Kier molecular flexibility index (Phi) is 5.11. The second-order valence-electron chi connectivity index (χ2n) is 5.81. The Morgan fingerprint density at radius 3 is 2.67 bits per heavy atom. The molecule has 0 bridgehead atoms. The zero-order chi connectivity index (χ0) is 16.9. The zero-order valence-electron chi connectivity index (χ0n) is 13.5. The number of methoxy groups -OCH3 is 1. The maximum Gasteiger partial charge on any atom is 0.337 e. The normalized spacial score (nSPS) is 16.0. The molecule has 0 fully saturated rings. The molecule has 0 aliphatic heterocycles. The van der Waals surface area contributed by atoms with Crippen LogP contribution >= 0.6 is 12.2 Å². The van der Waals surface area contributed by atoms with E-state index in [4.69, 9.17) is 17.0 Å². The summed E-state index contributed by atoms with van der Waals surface area (Å²) in [7, 11) is 1.37. The first-order valence-electron chi connectivity index (χ1n) is 8.01. The molecule has 0 unspecified atom stereocenters. The van der Waals surface area contributed by atoms with E-state index in [-0.39, 0.29) is 12.0 Å². The summed E-state index contributed by atoms with van der Waals surface area (Å²) in [6.45, 7) is 0. The average molecular weight is 340 g/mol. The molecule has 5 heteroatoms. The number of anilines is 1. The van der Waals surface area contributed by atoms with Crippen LogP contribution in [0, 0.1) is 0 Å². The predicted molar refractivity (Wildman–Crippen MR) is 99.3 cm³/mol. The van der Waals surface area contributed by atoms with Crippen molar-refractivity contribution in [1.29, 1.82) is 0 Å². The molecule has 0 aromatic heterocycles. The van der Waals surface area contributed by atoms with Crippen molar-refractivity contribution < 1.29 is 9.53 Å². The molecule has 0 saturated carbocycles. The SMILES string of the molecule is COC(=O)c1ccc(NC(=S)N[C@@H]2CCCc3ccccc32)cc1. The number of esters is 1. The lowest BCUT2D eigenvalue weighted by Crippen LogP contribution is -2.34. The van der Waals surface area contributed by atoms with Gasteiger partial charge < -0.3 is 15.4 Å². The molecule has 1 aliphatic carbocycles. The van der Waals surface area contributed by atoms with E-state index in [2.05, 4.69) is 34.9 Å². The Morgan fingerprint density at radius 2 is 1.92 bits per heavy atom. The lowest BCUT2D eigenvalue weighted by atomic mass is 9.88. The first kappa shape index (κ1) is 16.5. The van der Waals surface area contributed by atoms with E-state index in [9.17, 15) is 4.79 Å². The summed E-state index contributed by atoms with van der Waals surface area (Å²) in [6.07, 6.45) is 3.36. The van der Waals surface area contributed by atoms with Crippen LogP contribution in [0.1, 0.15) is 40.4 Å². The minimum Gasteiger partial charge on any atom is -0.465 e. The molecule has 0 saturated heterocycles. The molecule has 2 N–H and O–H groups in total. The number of carbonyl (C=O) groups is 1. The van der Waals surface area contributed by atoms with Crippen LogP contribution in [0.3, 0.4) is 0 Å². The fourth-order valence-corrected chi connectivity index (χ4v) is 3.30. The number of ether oxygens (including phenoxy) is 1. The van der Waals surface area contributed by atoms with E-state index < -0.39 is 0 Å². The van der Waals surface area contributed by atoms with Crippen molar-refractivity contribution in [1.82, 2.24) is 5.32 Å². The zero-order valence-corrected chi connectivity index (χ0v) is 14.4. The van der Waals surface area contributed by atoms with Gasteiger partial charge in [-0.25, -0.2) is 4.79 Å². The first-order valence-corrected chi connectivity index (χ1v) is 8.42. The molecule has 1 aliphatic rings. The monoisotopic (exact) mass is 340 g/mol. The molecule has 4 nitrogen and oxygen atoms in total. The number of hydrogen-bond acceptors (Lipinski definition) is 3. The Hall–Kier alpha value is -2.40. The summed E-state index contributed by atoms with van der Waals surface area (Å²) in [5.41, 5.74) is 4.08. The Balaban J connectivity index is 1.63. The number of rotatable bonds is 3. The van der Waals surface area contributed by atoms with Gasteiger partial charge >= 0.3 is 5.97 Å². The molecule has 24 heavy (non-hydrogen) atoms. The van der Waals surface area contributed by atoms with Crippen molar-refractivity contribution in [3.63, 3.8) is 0 Å². The Morgan fingerprint density at radius 1 is 1.17 bits per heavy atom. The fraction of sp³-hybridized carbons (Fsp3) is 0.263. The summed E-state index contributed by atoms with van der Waals surface area (Å²) in [5, 5.41) is 7.16. The highest BCUT2D eigenvalue weighted by molar-refractivity contribution is 7.80. The van der Waals surface area contributed by atoms with Gasteiger partial charge in [0.15, 0.2) is 5.11 Å². The van der Waals surface area contributed by atoms with Gasteiger partial charge in [-0.05, 0) is 66.9 Å². The van der Waals surface area contributed by atoms with Gasteiger partial charge in [-0.15, -0.1) is 0 Å². The second kappa shape index (κ2) is 7.45. The lowest BCUT2D eigenvalue weighted by molar-refractivity contribution is 0.0601. The van der Waals surface area contributed by atoms with Crippen LogP contribution in [0.4, 0.5) is 5.69 Å². The summed E-state index contributed by atoms with van der Waals surface area (Å²) in [4.78, 5) is 11.4. The maximum atomic E-state index is 11.4. The molecule has 0 radical (unpaired) electrons. The number of hydrogen-bond donors (Lipinski definition) is 2. The quantitative estimate of drug-likeness (QED) is 0.657. The molecule has 0 spiro atoms. The van der Waals surface area contributed by atoms with Crippen LogP contribution in [-0.2, 0) is 11.2 Å². The molecule has 2 aromatic rings. The number of carbonyl (C=O) groups excluding carboxylic acids is 1. The van der Waals surface area contributed by atoms with Crippen molar-refractivity contribution in [2.24, 2.45) is 0 Å². The van der Waals surface area contributed by atoms with Crippen molar-refractivity contribution in [2.75, 3.05) is 12.4 Å². The Bertz CT molecular complexity index is 743. The highest BCUT2D eigenvalue weighted by Crippen LogP contribution is 2.29. The number of fused-ring (bicyclic) bond motifs is 1. The van der Waals surface area contributed by atoms with Gasteiger partial charge in [0.25, 0.3) is 0 Å². The molecule has 0 amide bonds. The number of aryl methyl sites for hydroxylation is 1. The van der Waals surface area contributed by atoms with Gasteiger partial charge in [-0.1, -0.05) is 24.3 Å². The summed E-state index contributed by atoms with van der Waals surface area (Å²) in [6, 6.07) is 15.8. The second-order valence-corrected chi connectivity index (χ2v) is 6.22. The first-order chi connectivity index (χ1) is 11.7. The van der Waals surface area contributed by atoms with Crippen molar-refractivity contribution in [3.05, 3.63) is 65.2 Å². The average Bonchev–Trinajstić information content (AvgIpc) is 2.62. The molecule has 1 atom stereocenters. The van der Waals surface area contributed by atoms with E-state index in [1.807, 2.05) is 12.1 Å². The fourth-order valence-electron chi connectivity index (χ4n) is 3.04. The Labute approximate surface area is 147 Å². The topological polar surface area (TPSA) is 50.4 Å². The van der Waals surface area contributed by atoms with Crippen LogP contribution < -0.4 is 10.6 Å². The third-order valence-electron chi connectivity index (χ3n) is 4.24. The van der Waals surface area contributed by atoms with Crippen molar-refractivity contribution in [2.45, 2.75) is 25.3 Å². The van der Waals surface area contributed by atoms with E-state index in [0.717, 1.165) is 24.9 Å². The van der Waals surface area contributed by atoms with Gasteiger partial charge in [-0.3, -0.25) is 0 Å². The minimum atomic E-state index is -0.346. The van der Waals surface area contributed by atoms with Crippen LogP contribution in [-0.4, -0.2) is 18.2 Å². The van der Waals surface area contributed by atoms with E-state index >= 15 is 0 Å². The summed E-state index contributed by atoms with van der Waals surface area (Å²) < 4.78 is 4.69. The maximum absolute atomic E-state index is 11.4. The van der Waals surface area contributed by atoms with Crippen molar-refractivity contribution in [3.8, 4) is 0 Å². The van der Waals surface area contributed by atoms with Crippen LogP contribution in [0.5, 0.6) is 0 Å². The van der Waals surface area contributed by atoms with Gasteiger partial charge in [0.2, 0.25) is 0 Å². The molecule has 3 rings (SSSR count). The highest BCUT2D eigenvalue weighted by atomic mass is 32.1. The van der Waals surface area contributed by atoms with Gasteiger partial charge in [0.1, 0.15) is 0 Å². The molecule has 2 aromatic carbocycles. The van der Waals surface area contributed by atoms with Crippen molar-refractivity contribution >= 4 is 29.0 Å². The molecular weight excluding hydrogens is 320 g/mol. The molecule has 0 heterocycles. The number of thiocarbonyl (C=S) groups is 1.